The highest BCUT2D eigenvalue weighted by Crippen LogP contribution is 2.23. The second-order valence-corrected chi connectivity index (χ2v) is 5.60. The Hall–Kier alpha value is -2.60. The average molecular weight is 331 g/mol. The Kier molecular flexibility index (Phi) is 5.94. The van der Waals surface area contributed by atoms with E-state index in [0.29, 0.717) is 11.4 Å². The van der Waals surface area contributed by atoms with Crippen LogP contribution in [-0.4, -0.2) is 25.1 Å². The zero-order valence-electron chi connectivity index (χ0n) is 12.8. The van der Waals surface area contributed by atoms with Gasteiger partial charge in [0.25, 0.3) is 5.91 Å². The smallest absolute Gasteiger partial charge is 0.331 e. The third-order valence-electron chi connectivity index (χ3n) is 2.95. The molecule has 1 aromatic heterocycles. The van der Waals surface area contributed by atoms with Crippen molar-refractivity contribution in [3.63, 3.8) is 0 Å². The Morgan fingerprint density at radius 1 is 1.22 bits per heavy atom. The summed E-state index contributed by atoms with van der Waals surface area (Å²) < 4.78 is 10.2. The summed E-state index contributed by atoms with van der Waals surface area (Å²) >= 11 is 1.51. The van der Waals surface area contributed by atoms with Crippen LogP contribution in [-0.2, 0) is 14.3 Å². The second kappa shape index (κ2) is 8.14. The van der Waals surface area contributed by atoms with Crippen molar-refractivity contribution in [3.05, 3.63) is 52.7 Å². The number of rotatable bonds is 6. The van der Waals surface area contributed by atoms with E-state index in [9.17, 15) is 9.59 Å². The maximum Gasteiger partial charge on any atom is 0.331 e. The topological polar surface area (TPSA) is 64.6 Å². The minimum Gasteiger partial charge on any atom is -0.495 e. The van der Waals surface area contributed by atoms with Crippen LogP contribution < -0.4 is 10.1 Å². The first-order valence-corrected chi connectivity index (χ1v) is 7.84. The van der Waals surface area contributed by atoms with Crippen LogP contribution in [0.3, 0.4) is 0 Å². The molecule has 120 valence electrons. The van der Waals surface area contributed by atoms with Crippen molar-refractivity contribution in [2.24, 2.45) is 0 Å². The van der Waals surface area contributed by atoms with Crippen molar-refractivity contribution in [3.8, 4) is 5.75 Å². The fraction of sp³-hybridized carbons (Fsp3) is 0.176. The van der Waals surface area contributed by atoms with Gasteiger partial charge in [-0.1, -0.05) is 18.2 Å². The summed E-state index contributed by atoms with van der Waals surface area (Å²) in [7, 11) is 1.52. The van der Waals surface area contributed by atoms with Crippen LogP contribution in [0.25, 0.3) is 6.08 Å². The van der Waals surface area contributed by atoms with Gasteiger partial charge in [0.05, 0.1) is 12.8 Å². The highest BCUT2D eigenvalue weighted by molar-refractivity contribution is 7.10. The number of carbonyl (C=O) groups excluding carboxylic acids is 2. The molecule has 0 aliphatic rings. The molecule has 0 radical (unpaired) electrons. The lowest BCUT2D eigenvalue weighted by Gasteiger charge is -2.14. The van der Waals surface area contributed by atoms with Crippen LogP contribution in [0.5, 0.6) is 5.75 Å². The van der Waals surface area contributed by atoms with Crippen LogP contribution in [0.15, 0.2) is 47.9 Å². The van der Waals surface area contributed by atoms with Crippen LogP contribution in [0, 0.1) is 0 Å². The van der Waals surface area contributed by atoms with Gasteiger partial charge in [0.1, 0.15) is 5.75 Å². The van der Waals surface area contributed by atoms with Crippen molar-refractivity contribution in [1.82, 2.24) is 0 Å². The number of hydrogen-bond acceptors (Lipinski definition) is 5. The van der Waals surface area contributed by atoms with Gasteiger partial charge in [0, 0.05) is 11.0 Å². The second-order valence-electron chi connectivity index (χ2n) is 4.62. The van der Waals surface area contributed by atoms with Gasteiger partial charge in [-0.2, -0.15) is 0 Å². The van der Waals surface area contributed by atoms with E-state index in [1.54, 1.807) is 30.3 Å². The first kappa shape index (κ1) is 16.8. The molecule has 23 heavy (non-hydrogen) atoms. The third-order valence-corrected chi connectivity index (χ3v) is 3.79. The molecule has 1 atom stereocenters. The molecule has 0 fully saturated rings. The molecule has 0 spiro atoms. The summed E-state index contributed by atoms with van der Waals surface area (Å²) in [6.07, 6.45) is 2.04. The summed E-state index contributed by atoms with van der Waals surface area (Å²) in [5.74, 6) is -0.453. The van der Waals surface area contributed by atoms with Crippen molar-refractivity contribution >= 4 is 35.0 Å². The van der Waals surface area contributed by atoms with Gasteiger partial charge in [-0.05, 0) is 36.6 Å². The Morgan fingerprint density at radius 3 is 2.70 bits per heavy atom. The van der Waals surface area contributed by atoms with E-state index in [2.05, 4.69) is 5.32 Å². The first-order valence-electron chi connectivity index (χ1n) is 6.96. The summed E-state index contributed by atoms with van der Waals surface area (Å²) in [6, 6.07) is 10.8. The molecule has 1 heterocycles. The van der Waals surface area contributed by atoms with Crippen LogP contribution in [0.1, 0.15) is 11.8 Å². The van der Waals surface area contributed by atoms with Gasteiger partial charge in [-0.15, -0.1) is 11.3 Å². The Labute approximate surface area is 138 Å². The predicted molar refractivity (Wildman–Crippen MR) is 90.5 cm³/mol. The number of thiophene rings is 1. The number of methoxy groups -OCH3 is 1. The van der Waals surface area contributed by atoms with Gasteiger partial charge in [-0.3, -0.25) is 4.79 Å². The van der Waals surface area contributed by atoms with Gasteiger partial charge in [0.2, 0.25) is 0 Å². The molecule has 0 aliphatic carbocycles. The number of amides is 1. The molecule has 1 aromatic carbocycles. The van der Waals surface area contributed by atoms with Gasteiger partial charge >= 0.3 is 5.97 Å². The minimum atomic E-state index is -0.916. The van der Waals surface area contributed by atoms with E-state index in [1.807, 2.05) is 17.5 Å². The summed E-state index contributed by atoms with van der Waals surface area (Å²) in [5.41, 5.74) is 0.525. The molecule has 0 saturated carbocycles. The molecule has 0 unspecified atom stereocenters. The number of carbonyl (C=O) groups is 2. The number of ether oxygens (including phenoxy) is 2. The number of para-hydroxylation sites is 2. The zero-order valence-corrected chi connectivity index (χ0v) is 13.6. The standard InChI is InChI=1S/C17H17NO4S/c1-12(22-16(19)10-9-13-6-5-11-23-13)17(20)18-14-7-3-4-8-15(14)21-2/h3-12H,1-2H3,(H,18,20)/b10-9+/t12-/m1/s1. The fourth-order valence-electron chi connectivity index (χ4n) is 1.79. The first-order chi connectivity index (χ1) is 11.1. The zero-order chi connectivity index (χ0) is 16.7. The number of anilines is 1. The SMILES string of the molecule is COc1ccccc1NC(=O)[C@@H](C)OC(=O)/C=C/c1cccs1. The number of hydrogen-bond donors (Lipinski definition) is 1. The van der Waals surface area contributed by atoms with Crippen LogP contribution in [0.2, 0.25) is 0 Å². The highest BCUT2D eigenvalue weighted by Gasteiger charge is 2.17. The van der Waals surface area contributed by atoms with E-state index in [-0.39, 0.29) is 0 Å². The molecule has 6 heteroatoms. The maximum absolute atomic E-state index is 12.1. The van der Waals surface area contributed by atoms with E-state index in [1.165, 1.54) is 31.4 Å². The van der Waals surface area contributed by atoms with Crippen LogP contribution in [0.4, 0.5) is 5.69 Å². The molecular weight excluding hydrogens is 314 g/mol. The molecule has 0 aliphatic heterocycles. The normalized spacial score (nSPS) is 11.9. The van der Waals surface area contributed by atoms with E-state index in [0.717, 1.165) is 4.88 Å². The predicted octanol–water partition coefficient (Wildman–Crippen LogP) is 3.34. The quantitative estimate of drug-likeness (QED) is 0.651. The monoisotopic (exact) mass is 331 g/mol. The highest BCUT2D eigenvalue weighted by atomic mass is 32.1. The molecule has 1 N–H and O–H groups in total. The summed E-state index contributed by atoms with van der Waals surface area (Å²) in [6.45, 7) is 1.52. The number of nitrogens with one attached hydrogen (secondary N) is 1. The summed E-state index contributed by atoms with van der Waals surface area (Å²) in [5, 5.41) is 4.58. The fourth-order valence-corrected chi connectivity index (χ4v) is 2.40. The molecule has 1 amide bonds. The molecule has 0 bridgehead atoms. The molecule has 5 nitrogen and oxygen atoms in total. The minimum absolute atomic E-state index is 0.424. The molecule has 2 rings (SSSR count). The van der Waals surface area contributed by atoms with Crippen molar-refractivity contribution in [2.75, 3.05) is 12.4 Å². The molecular formula is C17H17NO4S. The Balaban J connectivity index is 1.90. The lowest BCUT2D eigenvalue weighted by Crippen LogP contribution is -2.29. The lowest BCUT2D eigenvalue weighted by atomic mass is 10.2. The summed E-state index contributed by atoms with van der Waals surface area (Å²) in [4.78, 5) is 24.7. The van der Waals surface area contributed by atoms with Crippen LogP contribution >= 0.6 is 11.3 Å². The Morgan fingerprint density at radius 2 is 2.00 bits per heavy atom. The van der Waals surface area contributed by atoms with Gasteiger partial charge < -0.3 is 14.8 Å². The van der Waals surface area contributed by atoms with E-state index < -0.39 is 18.0 Å². The van der Waals surface area contributed by atoms with Gasteiger partial charge in [-0.25, -0.2) is 4.79 Å². The van der Waals surface area contributed by atoms with Crippen molar-refractivity contribution in [2.45, 2.75) is 13.0 Å². The van der Waals surface area contributed by atoms with Crippen molar-refractivity contribution < 1.29 is 19.1 Å². The van der Waals surface area contributed by atoms with E-state index >= 15 is 0 Å². The van der Waals surface area contributed by atoms with E-state index in [4.69, 9.17) is 9.47 Å². The Bertz CT molecular complexity index is 694. The molecule has 2 aromatic rings. The number of benzene rings is 1. The largest absolute Gasteiger partial charge is 0.495 e. The number of esters is 1. The maximum atomic E-state index is 12.1. The lowest BCUT2D eigenvalue weighted by molar-refractivity contribution is -0.148. The average Bonchev–Trinajstić information content (AvgIpc) is 3.06. The molecule has 0 saturated heterocycles. The van der Waals surface area contributed by atoms with Gasteiger partial charge in [0.15, 0.2) is 6.10 Å². The third kappa shape index (κ3) is 4.96. The van der Waals surface area contributed by atoms with Crippen molar-refractivity contribution in [1.29, 1.82) is 0 Å².